The summed E-state index contributed by atoms with van der Waals surface area (Å²) in [6.45, 7) is 8.43. The van der Waals surface area contributed by atoms with Gasteiger partial charge in [-0.2, -0.15) is 0 Å². The van der Waals surface area contributed by atoms with Gasteiger partial charge in [0.15, 0.2) is 0 Å². The van der Waals surface area contributed by atoms with Gasteiger partial charge in [-0.15, -0.1) is 0 Å². The lowest BCUT2D eigenvalue weighted by molar-refractivity contribution is -0.120. The Kier molecular flexibility index (Phi) is 13.1. The molecule has 0 spiro atoms. The van der Waals surface area contributed by atoms with E-state index >= 15 is 0 Å². The average Bonchev–Trinajstić information content (AvgIpc) is 3.03. The van der Waals surface area contributed by atoms with E-state index in [2.05, 4.69) is 48.5 Å². The van der Waals surface area contributed by atoms with Crippen LogP contribution in [0.1, 0.15) is 88.1 Å². The van der Waals surface area contributed by atoms with Crippen molar-refractivity contribution in [2.24, 2.45) is 11.8 Å². The number of ether oxygens (including phenoxy) is 2. The maximum atomic E-state index is 14.3. The standard InChI is InChI=1S/C36H53N3O5/c1-26-22-39(27(2)25-40)36(42)32-21-31(37-35(41)30-16-9-6-10-17-30)18-19-33(32)44-28(3)13-11-12-20-43-34(26)24-38(4)23-29-14-7-5-8-15-29/h5,7-8,14-15,18-19,21,26-28,30,34,40H,6,9-13,16-17,20,22-25H2,1-4H3,(H,37,41)/t26-,27-,28-,34+/m1/s1. The van der Waals surface area contributed by atoms with E-state index in [1.54, 1.807) is 11.0 Å². The van der Waals surface area contributed by atoms with Crippen molar-refractivity contribution < 1.29 is 24.2 Å². The van der Waals surface area contributed by atoms with Crippen molar-refractivity contribution >= 4 is 17.5 Å². The van der Waals surface area contributed by atoms with Gasteiger partial charge in [-0.25, -0.2) is 0 Å². The van der Waals surface area contributed by atoms with Crippen molar-refractivity contribution in [1.29, 1.82) is 0 Å². The van der Waals surface area contributed by atoms with Gasteiger partial charge in [0.05, 0.1) is 30.4 Å². The zero-order valence-electron chi connectivity index (χ0n) is 27.2. The highest BCUT2D eigenvalue weighted by atomic mass is 16.5. The summed E-state index contributed by atoms with van der Waals surface area (Å²) < 4.78 is 12.8. The van der Waals surface area contributed by atoms with Crippen molar-refractivity contribution in [2.45, 2.75) is 96.9 Å². The molecule has 2 aromatic carbocycles. The minimum Gasteiger partial charge on any atom is -0.490 e. The molecule has 8 nitrogen and oxygen atoms in total. The van der Waals surface area contributed by atoms with Gasteiger partial charge in [0.2, 0.25) is 5.91 Å². The number of hydrogen-bond donors (Lipinski definition) is 2. The Labute approximate surface area is 264 Å². The second-order valence-corrected chi connectivity index (χ2v) is 13.0. The molecule has 2 aromatic rings. The molecule has 1 aliphatic heterocycles. The molecule has 2 amide bonds. The van der Waals surface area contributed by atoms with Crippen LogP contribution in [0.3, 0.4) is 0 Å². The normalized spacial score (nSPS) is 23.4. The van der Waals surface area contributed by atoms with E-state index in [1.807, 2.05) is 32.0 Å². The highest BCUT2D eigenvalue weighted by Gasteiger charge is 2.31. The molecule has 8 heteroatoms. The lowest BCUT2D eigenvalue weighted by Gasteiger charge is -2.36. The summed E-state index contributed by atoms with van der Waals surface area (Å²) in [7, 11) is 2.10. The number of benzene rings is 2. The number of rotatable bonds is 8. The molecule has 1 fully saturated rings. The Balaban J connectivity index is 1.59. The summed E-state index contributed by atoms with van der Waals surface area (Å²) >= 11 is 0. The molecule has 0 radical (unpaired) electrons. The first kappa shape index (κ1) is 33.9. The van der Waals surface area contributed by atoms with Gasteiger partial charge in [0.1, 0.15) is 5.75 Å². The van der Waals surface area contributed by atoms with Crippen LogP contribution in [0.2, 0.25) is 0 Å². The van der Waals surface area contributed by atoms with E-state index in [0.717, 1.165) is 58.0 Å². The monoisotopic (exact) mass is 607 g/mol. The number of carbonyl (C=O) groups is 2. The maximum absolute atomic E-state index is 14.3. The lowest BCUT2D eigenvalue weighted by atomic mass is 9.88. The molecule has 1 aliphatic carbocycles. The summed E-state index contributed by atoms with van der Waals surface area (Å²) in [5.74, 6) is 0.317. The molecule has 44 heavy (non-hydrogen) atoms. The van der Waals surface area contributed by atoms with Crippen LogP contribution in [-0.4, -0.2) is 78.3 Å². The van der Waals surface area contributed by atoms with E-state index < -0.39 is 6.04 Å². The third-order valence-electron chi connectivity index (χ3n) is 9.08. The number of likely N-dealkylation sites (N-methyl/N-ethyl adjacent to an activating group) is 1. The van der Waals surface area contributed by atoms with Crippen LogP contribution in [0.4, 0.5) is 5.69 Å². The first-order valence-electron chi connectivity index (χ1n) is 16.6. The smallest absolute Gasteiger partial charge is 0.258 e. The second-order valence-electron chi connectivity index (χ2n) is 13.0. The number of anilines is 1. The van der Waals surface area contributed by atoms with Gasteiger partial charge in [-0.3, -0.25) is 14.5 Å². The molecule has 242 valence electrons. The summed E-state index contributed by atoms with van der Waals surface area (Å²) in [5.41, 5.74) is 2.24. The molecule has 4 atom stereocenters. The fourth-order valence-corrected chi connectivity index (χ4v) is 6.34. The Morgan fingerprint density at radius 2 is 1.77 bits per heavy atom. The zero-order chi connectivity index (χ0) is 31.5. The Hall–Kier alpha value is -2.94. The summed E-state index contributed by atoms with van der Waals surface area (Å²) in [4.78, 5) is 31.4. The van der Waals surface area contributed by atoms with Crippen molar-refractivity contribution in [3.63, 3.8) is 0 Å². The SMILES string of the molecule is C[C@@H]1CCCCO[C@@H](CN(C)Cc2ccccc2)[C@H](C)CN([C@H](C)CO)C(=O)c2cc(NC(=O)C3CCCCC3)ccc2O1. The largest absolute Gasteiger partial charge is 0.490 e. The molecule has 0 bridgehead atoms. The van der Waals surface area contributed by atoms with Gasteiger partial charge < -0.3 is 24.8 Å². The second kappa shape index (κ2) is 16.9. The number of nitrogens with zero attached hydrogens (tertiary/aromatic N) is 2. The molecule has 0 unspecified atom stereocenters. The van der Waals surface area contributed by atoms with Crippen LogP contribution in [-0.2, 0) is 16.1 Å². The molecule has 1 saturated carbocycles. The van der Waals surface area contributed by atoms with Crippen LogP contribution >= 0.6 is 0 Å². The van der Waals surface area contributed by atoms with Crippen molar-refractivity contribution in [3.8, 4) is 5.75 Å². The fourth-order valence-electron chi connectivity index (χ4n) is 6.34. The number of amides is 2. The third kappa shape index (κ3) is 9.78. The van der Waals surface area contributed by atoms with Crippen molar-refractivity contribution in [2.75, 3.05) is 38.7 Å². The van der Waals surface area contributed by atoms with E-state index in [0.29, 0.717) is 30.2 Å². The number of carbonyl (C=O) groups excluding carboxylic acids is 2. The topological polar surface area (TPSA) is 91.3 Å². The highest BCUT2D eigenvalue weighted by Crippen LogP contribution is 2.30. The Bertz CT molecular complexity index is 1190. The Morgan fingerprint density at radius 1 is 1.05 bits per heavy atom. The van der Waals surface area contributed by atoms with Crippen LogP contribution in [0.15, 0.2) is 48.5 Å². The molecule has 0 saturated heterocycles. The predicted molar refractivity (Wildman–Crippen MR) is 175 cm³/mol. The van der Waals surface area contributed by atoms with Gasteiger partial charge in [0.25, 0.3) is 5.91 Å². The van der Waals surface area contributed by atoms with Crippen LogP contribution in [0, 0.1) is 11.8 Å². The van der Waals surface area contributed by atoms with Gasteiger partial charge in [-0.1, -0.05) is 56.5 Å². The first-order valence-corrected chi connectivity index (χ1v) is 16.6. The van der Waals surface area contributed by atoms with Crippen LogP contribution < -0.4 is 10.1 Å². The summed E-state index contributed by atoms with van der Waals surface area (Å²) in [6.07, 6.45) is 7.66. The first-order chi connectivity index (χ1) is 21.2. The molecule has 4 rings (SSSR count). The molecular formula is C36H53N3O5. The molecule has 0 aromatic heterocycles. The zero-order valence-corrected chi connectivity index (χ0v) is 27.2. The fraction of sp³-hybridized carbons (Fsp3) is 0.611. The minimum atomic E-state index is -0.411. The number of aliphatic hydroxyl groups excluding tert-OH is 1. The quantitative estimate of drug-likeness (QED) is 0.375. The van der Waals surface area contributed by atoms with Gasteiger partial charge >= 0.3 is 0 Å². The van der Waals surface area contributed by atoms with E-state index in [-0.39, 0.29) is 42.5 Å². The minimum absolute atomic E-state index is 0.00610. The lowest BCUT2D eigenvalue weighted by Crippen LogP contribution is -2.47. The number of hydrogen-bond acceptors (Lipinski definition) is 6. The van der Waals surface area contributed by atoms with Crippen LogP contribution in [0.25, 0.3) is 0 Å². The van der Waals surface area contributed by atoms with E-state index in [9.17, 15) is 14.7 Å². The number of aliphatic hydroxyl groups is 1. The molecule has 2 aliphatic rings. The third-order valence-corrected chi connectivity index (χ3v) is 9.08. The van der Waals surface area contributed by atoms with E-state index in [4.69, 9.17) is 9.47 Å². The van der Waals surface area contributed by atoms with Crippen molar-refractivity contribution in [1.82, 2.24) is 9.80 Å². The number of nitrogens with one attached hydrogen (secondary N) is 1. The van der Waals surface area contributed by atoms with Gasteiger partial charge in [-0.05, 0) is 76.8 Å². The summed E-state index contributed by atoms with van der Waals surface area (Å²) in [5, 5.41) is 13.3. The maximum Gasteiger partial charge on any atom is 0.258 e. The van der Waals surface area contributed by atoms with Crippen LogP contribution in [0.5, 0.6) is 5.75 Å². The highest BCUT2D eigenvalue weighted by molar-refractivity contribution is 6.00. The molecule has 1 heterocycles. The Morgan fingerprint density at radius 3 is 2.50 bits per heavy atom. The van der Waals surface area contributed by atoms with Crippen molar-refractivity contribution in [3.05, 3.63) is 59.7 Å². The molecular weight excluding hydrogens is 554 g/mol. The summed E-state index contributed by atoms with van der Waals surface area (Å²) in [6, 6.07) is 15.4. The predicted octanol–water partition coefficient (Wildman–Crippen LogP) is 6.13. The molecule has 2 N–H and O–H groups in total. The average molecular weight is 608 g/mol. The van der Waals surface area contributed by atoms with E-state index in [1.165, 1.54) is 12.0 Å². The number of fused-ring (bicyclic) bond motifs is 1. The van der Waals surface area contributed by atoms with Gasteiger partial charge in [0, 0.05) is 43.8 Å².